The second-order valence-electron chi connectivity index (χ2n) is 6.05. The Labute approximate surface area is 167 Å². The van der Waals surface area contributed by atoms with Crippen LogP contribution >= 0.6 is 0 Å². The van der Waals surface area contributed by atoms with Crippen molar-refractivity contribution in [2.75, 3.05) is 5.32 Å². The van der Waals surface area contributed by atoms with Crippen molar-refractivity contribution in [1.82, 2.24) is 9.78 Å². The van der Waals surface area contributed by atoms with Crippen molar-refractivity contribution in [3.8, 4) is 11.6 Å². The van der Waals surface area contributed by atoms with E-state index >= 15 is 0 Å². The monoisotopic (exact) mass is 451 g/mol. The smallest absolute Gasteiger partial charge is 0.416 e. The number of halogens is 8. The summed E-state index contributed by atoms with van der Waals surface area (Å²) in [5, 5.41) is 5.24. The molecule has 1 aromatic heterocycles. The molecule has 0 radical (unpaired) electrons. The van der Waals surface area contributed by atoms with Gasteiger partial charge in [-0.05, 0) is 18.2 Å². The lowest BCUT2D eigenvalue weighted by Crippen LogP contribution is -2.17. The maximum Gasteiger partial charge on any atom is 0.416 e. The SMILES string of the molecule is Cn1cc(C(=O)Nc2c(F)c(F)c(F)c(F)c2F)c(Oc2cccc(C(F)(F)F)c2)n1. The second kappa shape index (κ2) is 7.89. The van der Waals surface area contributed by atoms with Crippen molar-refractivity contribution in [2.24, 2.45) is 7.05 Å². The Hall–Kier alpha value is -3.64. The number of nitrogens with one attached hydrogen (secondary N) is 1. The van der Waals surface area contributed by atoms with E-state index in [9.17, 15) is 39.9 Å². The average Bonchev–Trinajstić information content (AvgIpc) is 3.07. The lowest BCUT2D eigenvalue weighted by atomic mass is 10.2. The molecule has 0 spiro atoms. The molecule has 3 rings (SSSR count). The van der Waals surface area contributed by atoms with E-state index in [4.69, 9.17) is 4.74 Å². The Morgan fingerprint density at radius 1 is 1.00 bits per heavy atom. The van der Waals surface area contributed by atoms with Gasteiger partial charge >= 0.3 is 6.18 Å². The Bertz CT molecular complexity index is 1140. The van der Waals surface area contributed by atoms with Crippen LogP contribution in [0.1, 0.15) is 15.9 Å². The van der Waals surface area contributed by atoms with Gasteiger partial charge in [-0.15, -0.1) is 5.10 Å². The number of rotatable bonds is 4. The first-order valence-corrected chi connectivity index (χ1v) is 8.11. The molecule has 5 nitrogen and oxygen atoms in total. The molecule has 31 heavy (non-hydrogen) atoms. The second-order valence-corrected chi connectivity index (χ2v) is 6.05. The van der Waals surface area contributed by atoms with E-state index in [1.54, 1.807) is 0 Å². The molecule has 0 aliphatic carbocycles. The highest BCUT2D eigenvalue weighted by Crippen LogP contribution is 2.33. The fourth-order valence-corrected chi connectivity index (χ4v) is 2.44. The molecular formula is C18H9F8N3O2. The molecule has 1 heterocycles. The minimum absolute atomic E-state index is 0.376. The standard InChI is InChI=1S/C18H9F8N3O2/c1-29-6-9(16(30)27-15-13(22)11(20)10(19)12(21)14(15)23)17(28-29)31-8-4-2-3-7(5-8)18(24,25)26/h2-6H,1H3,(H,27,30). The summed E-state index contributed by atoms with van der Waals surface area (Å²) >= 11 is 0. The summed E-state index contributed by atoms with van der Waals surface area (Å²) in [4.78, 5) is 12.4. The number of benzene rings is 2. The lowest BCUT2D eigenvalue weighted by molar-refractivity contribution is -0.137. The zero-order chi connectivity index (χ0) is 23.1. The van der Waals surface area contributed by atoms with Crippen LogP contribution in [0.4, 0.5) is 40.8 Å². The van der Waals surface area contributed by atoms with Crippen molar-refractivity contribution in [1.29, 1.82) is 0 Å². The van der Waals surface area contributed by atoms with Gasteiger partial charge in [0.1, 0.15) is 17.0 Å². The summed E-state index contributed by atoms with van der Waals surface area (Å²) in [6.07, 6.45) is -3.72. The molecule has 164 valence electrons. The van der Waals surface area contributed by atoms with Crippen molar-refractivity contribution in [3.63, 3.8) is 0 Å². The number of hydrogen-bond donors (Lipinski definition) is 1. The van der Waals surface area contributed by atoms with Gasteiger partial charge < -0.3 is 10.1 Å². The lowest BCUT2D eigenvalue weighted by Gasteiger charge is -2.11. The summed E-state index contributed by atoms with van der Waals surface area (Å²) in [6, 6.07) is 3.52. The molecule has 3 aromatic rings. The van der Waals surface area contributed by atoms with Gasteiger partial charge in [-0.2, -0.15) is 13.2 Å². The maximum absolute atomic E-state index is 13.8. The fourth-order valence-electron chi connectivity index (χ4n) is 2.44. The van der Waals surface area contributed by atoms with Crippen LogP contribution in [0.5, 0.6) is 11.6 Å². The van der Waals surface area contributed by atoms with Gasteiger partial charge in [0.25, 0.3) is 11.8 Å². The summed E-state index contributed by atoms with van der Waals surface area (Å²) in [5.41, 5.74) is -3.23. The van der Waals surface area contributed by atoms with E-state index < -0.39 is 63.9 Å². The number of anilines is 1. The number of carbonyl (C=O) groups excluding carboxylic acids is 1. The number of ether oxygens (including phenoxy) is 1. The van der Waals surface area contributed by atoms with E-state index in [-0.39, 0.29) is 5.75 Å². The highest BCUT2D eigenvalue weighted by atomic mass is 19.4. The molecule has 0 fully saturated rings. The first kappa shape index (κ1) is 22.1. The Balaban J connectivity index is 1.94. The number of amides is 1. The van der Waals surface area contributed by atoms with E-state index in [1.807, 2.05) is 0 Å². The normalized spacial score (nSPS) is 11.5. The number of aromatic nitrogens is 2. The van der Waals surface area contributed by atoms with Gasteiger partial charge in [-0.25, -0.2) is 22.0 Å². The molecule has 0 aliphatic heterocycles. The molecule has 0 atom stereocenters. The number of carbonyl (C=O) groups is 1. The first-order chi connectivity index (χ1) is 14.4. The quantitative estimate of drug-likeness (QED) is 0.338. The third-order valence-corrected chi connectivity index (χ3v) is 3.86. The zero-order valence-corrected chi connectivity index (χ0v) is 15.1. The van der Waals surface area contributed by atoms with Gasteiger partial charge in [0.2, 0.25) is 5.82 Å². The predicted molar refractivity (Wildman–Crippen MR) is 88.9 cm³/mol. The molecule has 1 amide bonds. The van der Waals surface area contributed by atoms with Crippen LogP contribution in [-0.4, -0.2) is 15.7 Å². The van der Waals surface area contributed by atoms with Crippen LogP contribution in [0.15, 0.2) is 30.5 Å². The summed E-state index contributed by atoms with van der Waals surface area (Å²) in [7, 11) is 1.29. The zero-order valence-electron chi connectivity index (χ0n) is 15.1. The molecule has 1 N–H and O–H groups in total. The van der Waals surface area contributed by atoms with E-state index in [0.717, 1.165) is 29.1 Å². The third-order valence-electron chi connectivity index (χ3n) is 3.86. The highest BCUT2D eigenvalue weighted by Gasteiger charge is 2.31. The Kier molecular flexibility index (Phi) is 5.61. The molecular weight excluding hydrogens is 442 g/mol. The number of alkyl halides is 3. The van der Waals surface area contributed by atoms with Crippen molar-refractivity contribution < 1.29 is 44.7 Å². The van der Waals surface area contributed by atoms with Gasteiger partial charge in [-0.3, -0.25) is 9.48 Å². The predicted octanol–water partition coefficient (Wildman–Crippen LogP) is 5.18. The van der Waals surface area contributed by atoms with Crippen LogP contribution in [0.25, 0.3) is 0 Å². The number of nitrogens with zero attached hydrogens (tertiary/aromatic N) is 2. The summed E-state index contributed by atoms with van der Waals surface area (Å²) in [6.45, 7) is 0. The van der Waals surface area contributed by atoms with Crippen molar-refractivity contribution in [2.45, 2.75) is 6.18 Å². The topological polar surface area (TPSA) is 56.2 Å². The molecule has 0 bridgehead atoms. The number of aryl methyl sites for hydroxylation is 1. The summed E-state index contributed by atoms with van der Waals surface area (Å²) < 4.78 is 112. The van der Waals surface area contributed by atoms with Gasteiger partial charge in [0.15, 0.2) is 23.3 Å². The minimum atomic E-state index is -4.69. The largest absolute Gasteiger partial charge is 0.437 e. The van der Waals surface area contributed by atoms with E-state index in [2.05, 4.69) is 5.10 Å². The molecule has 0 unspecified atom stereocenters. The molecule has 0 saturated heterocycles. The van der Waals surface area contributed by atoms with Crippen LogP contribution in [-0.2, 0) is 13.2 Å². The van der Waals surface area contributed by atoms with E-state index in [0.29, 0.717) is 6.07 Å². The molecule has 0 aliphatic rings. The Morgan fingerprint density at radius 2 is 1.58 bits per heavy atom. The van der Waals surface area contributed by atoms with Crippen LogP contribution < -0.4 is 10.1 Å². The average molecular weight is 451 g/mol. The molecule has 13 heteroatoms. The third kappa shape index (κ3) is 4.29. The van der Waals surface area contributed by atoms with Crippen molar-refractivity contribution >= 4 is 11.6 Å². The van der Waals surface area contributed by atoms with Crippen LogP contribution in [0.3, 0.4) is 0 Å². The Morgan fingerprint density at radius 3 is 2.16 bits per heavy atom. The van der Waals surface area contributed by atoms with Crippen LogP contribution in [0, 0.1) is 29.1 Å². The maximum atomic E-state index is 13.8. The van der Waals surface area contributed by atoms with Crippen LogP contribution in [0.2, 0.25) is 0 Å². The molecule has 2 aromatic carbocycles. The van der Waals surface area contributed by atoms with Gasteiger partial charge in [0, 0.05) is 13.2 Å². The first-order valence-electron chi connectivity index (χ1n) is 8.11. The fraction of sp³-hybridized carbons (Fsp3) is 0.111. The van der Waals surface area contributed by atoms with Gasteiger partial charge in [0.05, 0.1) is 5.56 Å². The highest BCUT2D eigenvalue weighted by molar-refractivity contribution is 6.06. The number of hydrogen-bond acceptors (Lipinski definition) is 3. The van der Waals surface area contributed by atoms with Crippen molar-refractivity contribution in [3.05, 3.63) is 70.7 Å². The molecule has 0 saturated carbocycles. The minimum Gasteiger partial charge on any atom is -0.437 e. The van der Waals surface area contributed by atoms with Gasteiger partial charge in [-0.1, -0.05) is 6.07 Å². The van der Waals surface area contributed by atoms with E-state index in [1.165, 1.54) is 12.4 Å². The summed E-state index contributed by atoms with van der Waals surface area (Å²) in [5.74, 6) is -13.9.